The van der Waals surface area contributed by atoms with Crippen molar-refractivity contribution < 1.29 is 4.79 Å². The standard InChI is InChI=1S/C18H25N5O/c1-2-23(18(24)21-17-10-19-20-11-17)14-16-8-9-22(13-16)12-15-6-4-3-5-7-15/h3-7,10-11,16H,2,8-9,12-14H2,1H3,(H,19,20)(H,21,24). The number of nitrogens with zero attached hydrogens (tertiary/aromatic N) is 3. The van der Waals surface area contributed by atoms with E-state index in [1.54, 1.807) is 12.4 Å². The first-order chi connectivity index (χ1) is 11.7. The highest BCUT2D eigenvalue weighted by atomic mass is 16.2. The molecule has 3 rings (SSSR count). The molecule has 1 atom stereocenters. The Morgan fingerprint density at radius 3 is 2.96 bits per heavy atom. The number of aromatic amines is 1. The monoisotopic (exact) mass is 327 g/mol. The quantitative estimate of drug-likeness (QED) is 0.857. The van der Waals surface area contributed by atoms with Crippen molar-refractivity contribution in [1.82, 2.24) is 20.0 Å². The van der Waals surface area contributed by atoms with Crippen molar-refractivity contribution in [3.8, 4) is 0 Å². The third-order valence-electron chi connectivity index (χ3n) is 4.52. The summed E-state index contributed by atoms with van der Waals surface area (Å²) in [5.41, 5.74) is 2.05. The molecule has 0 aliphatic carbocycles. The number of urea groups is 1. The zero-order valence-electron chi connectivity index (χ0n) is 14.1. The highest BCUT2D eigenvalue weighted by Crippen LogP contribution is 2.20. The molecule has 2 N–H and O–H groups in total. The van der Waals surface area contributed by atoms with Gasteiger partial charge in [-0.15, -0.1) is 0 Å². The number of carbonyl (C=O) groups excluding carboxylic acids is 1. The van der Waals surface area contributed by atoms with Gasteiger partial charge >= 0.3 is 6.03 Å². The fraction of sp³-hybridized carbons (Fsp3) is 0.444. The van der Waals surface area contributed by atoms with Gasteiger partial charge in [-0.05, 0) is 31.4 Å². The first-order valence-corrected chi connectivity index (χ1v) is 8.55. The van der Waals surface area contributed by atoms with Gasteiger partial charge in [0.05, 0.1) is 11.9 Å². The molecule has 128 valence electrons. The second-order valence-corrected chi connectivity index (χ2v) is 6.33. The first kappa shape index (κ1) is 16.5. The fourth-order valence-corrected chi connectivity index (χ4v) is 3.24. The zero-order chi connectivity index (χ0) is 16.8. The topological polar surface area (TPSA) is 64.3 Å². The Balaban J connectivity index is 1.49. The number of hydrogen-bond donors (Lipinski definition) is 2. The number of amides is 2. The van der Waals surface area contributed by atoms with Gasteiger partial charge in [0, 0.05) is 32.4 Å². The van der Waals surface area contributed by atoms with Gasteiger partial charge in [-0.2, -0.15) is 5.10 Å². The number of benzene rings is 1. The van der Waals surface area contributed by atoms with Crippen LogP contribution in [0, 0.1) is 5.92 Å². The largest absolute Gasteiger partial charge is 0.324 e. The van der Waals surface area contributed by atoms with Crippen LogP contribution in [0.25, 0.3) is 0 Å². The third-order valence-corrected chi connectivity index (χ3v) is 4.52. The van der Waals surface area contributed by atoms with Gasteiger partial charge in [0.2, 0.25) is 0 Å². The van der Waals surface area contributed by atoms with E-state index >= 15 is 0 Å². The van der Waals surface area contributed by atoms with E-state index in [0.29, 0.717) is 18.2 Å². The van der Waals surface area contributed by atoms with Crippen molar-refractivity contribution >= 4 is 11.7 Å². The lowest BCUT2D eigenvalue weighted by molar-refractivity contribution is 0.203. The number of anilines is 1. The van der Waals surface area contributed by atoms with Gasteiger partial charge in [0.25, 0.3) is 0 Å². The molecule has 1 aromatic heterocycles. The van der Waals surface area contributed by atoms with Crippen molar-refractivity contribution in [3.63, 3.8) is 0 Å². The Bertz CT molecular complexity index is 628. The van der Waals surface area contributed by atoms with Crippen molar-refractivity contribution in [2.24, 2.45) is 5.92 Å². The average Bonchev–Trinajstić information content (AvgIpc) is 3.25. The van der Waals surface area contributed by atoms with E-state index in [4.69, 9.17) is 0 Å². The van der Waals surface area contributed by atoms with E-state index < -0.39 is 0 Å². The SMILES string of the molecule is CCN(CC1CCN(Cc2ccccc2)C1)C(=O)Nc1cn[nH]c1. The molecule has 1 fully saturated rings. The molecule has 1 unspecified atom stereocenters. The predicted molar refractivity (Wildman–Crippen MR) is 94.7 cm³/mol. The summed E-state index contributed by atoms with van der Waals surface area (Å²) in [6.45, 7) is 6.66. The molecule has 1 saturated heterocycles. The van der Waals surface area contributed by atoms with Gasteiger partial charge < -0.3 is 10.2 Å². The summed E-state index contributed by atoms with van der Waals surface area (Å²) in [5.74, 6) is 0.531. The molecular formula is C18H25N5O. The van der Waals surface area contributed by atoms with Crippen LogP contribution in [-0.2, 0) is 6.54 Å². The molecule has 24 heavy (non-hydrogen) atoms. The molecule has 2 aromatic rings. The van der Waals surface area contributed by atoms with Crippen LogP contribution in [0.15, 0.2) is 42.7 Å². The summed E-state index contributed by atoms with van der Waals surface area (Å²) in [4.78, 5) is 16.7. The number of rotatable bonds is 6. The lowest BCUT2D eigenvalue weighted by Crippen LogP contribution is -2.39. The highest BCUT2D eigenvalue weighted by Gasteiger charge is 2.25. The molecule has 2 heterocycles. The molecule has 1 aliphatic heterocycles. The van der Waals surface area contributed by atoms with Gasteiger partial charge in [-0.3, -0.25) is 10.00 Å². The molecule has 1 aromatic carbocycles. The normalized spacial score (nSPS) is 17.8. The minimum absolute atomic E-state index is 0.0552. The van der Waals surface area contributed by atoms with Gasteiger partial charge in [-0.25, -0.2) is 4.79 Å². The molecular weight excluding hydrogens is 302 g/mol. The van der Waals surface area contributed by atoms with E-state index in [9.17, 15) is 4.79 Å². The van der Waals surface area contributed by atoms with Crippen LogP contribution in [0.2, 0.25) is 0 Å². The maximum Gasteiger partial charge on any atom is 0.321 e. The van der Waals surface area contributed by atoms with E-state index in [0.717, 1.165) is 32.6 Å². The Labute approximate surface area is 142 Å². The van der Waals surface area contributed by atoms with Crippen LogP contribution in [-0.4, -0.2) is 52.2 Å². The minimum Gasteiger partial charge on any atom is -0.324 e. The Kier molecular flexibility index (Phi) is 5.48. The molecule has 6 nitrogen and oxygen atoms in total. The summed E-state index contributed by atoms with van der Waals surface area (Å²) in [6, 6.07) is 10.5. The molecule has 0 radical (unpaired) electrons. The Morgan fingerprint density at radius 2 is 2.25 bits per heavy atom. The van der Waals surface area contributed by atoms with Crippen molar-refractivity contribution in [3.05, 3.63) is 48.3 Å². The van der Waals surface area contributed by atoms with Gasteiger partial charge in [-0.1, -0.05) is 30.3 Å². The van der Waals surface area contributed by atoms with Crippen LogP contribution in [0.3, 0.4) is 0 Å². The van der Waals surface area contributed by atoms with Crippen LogP contribution < -0.4 is 5.32 Å². The molecule has 2 amide bonds. The lowest BCUT2D eigenvalue weighted by Gasteiger charge is -2.24. The number of nitrogens with one attached hydrogen (secondary N) is 2. The van der Waals surface area contributed by atoms with Crippen LogP contribution in [0.1, 0.15) is 18.9 Å². The summed E-state index contributed by atoms with van der Waals surface area (Å²) in [7, 11) is 0. The molecule has 6 heteroatoms. The molecule has 0 bridgehead atoms. The third kappa shape index (κ3) is 4.35. The highest BCUT2D eigenvalue weighted by molar-refractivity contribution is 5.88. The summed E-state index contributed by atoms with van der Waals surface area (Å²) in [6.07, 6.45) is 4.44. The lowest BCUT2D eigenvalue weighted by atomic mass is 10.1. The molecule has 0 spiro atoms. The second-order valence-electron chi connectivity index (χ2n) is 6.33. The fourth-order valence-electron chi connectivity index (χ4n) is 3.24. The number of hydrogen-bond acceptors (Lipinski definition) is 3. The van der Waals surface area contributed by atoms with Gasteiger partial charge in [0.1, 0.15) is 0 Å². The maximum atomic E-state index is 12.4. The number of H-pyrrole nitrogens is 1. The Hall–Kier alpha value is -2.34. The van der Waals surface area contributed by atoms with Crippen LogP contribution in [0.5, 0.6) is 0 Å². The first-order valence-electron chi connectivity index (χ1n) is 8.55. The maximum absolute atomic E-state index is 12.4. The predicted octanol–water partition coefficient (Wildman–Crippen LogP) is 2.79. The Morgan fingerprint density at radius 1 is 1.42 bits per heavy atom. The van der Waals surface area contributed by atoms with E-state index in [1.165, 1.54) is 5.56 Å². The van der Waals surface area contributed by atoms with Crippen molar-refractivity contribution in [2.75, 3.05) is 31.5 Å². The summed E-state index contributed by atoms with van der Waals surface area (Å²) >= 11 is 0. The van der Waals surface area contributed by atoms with Crippen LogP contribution in [0.4, 0.5) is 10.5 Å². The molecule has 0 saturated carbocycles. The van der Waals surface area contributed by atoms with Gasteiger partial charge in [0.15, 0.2) is 0 Å². The minimum atomic E-state index is -0.0552. The number of likely N-dealkylation sites (tertiary alicyclic amines) is 1. The number of carbonyl (C=O) groups is 1. The smallest absolute Gasteiger partial charge is 0.321 e. The van der Waals surface area contributed by atoms with E-state index in [-0.39, 0.29) is 6.03 Å². The van der Waals surface area contributed by atoms with E-state index in [1.807, 2.05) is 17.9 Å². The zero-order valence-corrected chi connectivity index (χ0v) is 14.1. The number of aromatic nitrogens is 2. The average molecular weight is 327 g/mol. The summed E-state index contributed by atoms with van der Waals surface area (Å²) in [5, 5.41) is 9.43. The van der Waals surface area contributed by atoms with Crippen molar-refractivity contribution in [2.45, 2.75) is 19.9 Å². The second kappa shape index (κ2) is 7.97. The van der Waals surface area contributed by atoms with Crippen molar-refractivity contribution in [1.29, 1.82) is 0 Å². The van der Waals surface area contributed by atoms with Crippen LogP contribution >= 0.6 is 0 Å². The van der Waals surface area contributed by atoms with E-state index in [2.05, 4.69) is 44.7 Å². The summed E-state index contributed by atoms with van der Waals surface area (Å²) < 4.78 is 0. The molecule has 1 aliphatic rings.